The van der Waals surface area contributed by atoms with Gasteiger partial charge in [0.1, 0.15) is 6.54 Å². The van der Waals surface area contributed by atoms with Gasteiger partial charge in [-0.05, 0) is 24.3 Å². The molecule has 4 rings (SSSR count). The van der Waals surface area contributed by atoms with E-state index in [-0.39, 0.29) is 12.5 Å². The molecule has 3 heterocycles. The van der Waals surface area contributed by atoms with Crippen LogP contribution < -0.4 is 10.2 Å². The molecule has 0 unspecified atom stereocenters. The Morgan fingerprint density at radius 3 is 2.77 bits per heavy atom. The number of anilines is 1. The van der Waals surface area contributed by atoms with Gasteiger partial charge in [0.2, 0.25) is 17.6 Å². The van der Waals surface area contributed by atoms with Crippen molar-refractivity contribution in [2.24, 2.45) is 12.0 Å². The smallest absolute Gasteiger partial charge is 0.246 e. The molecule has 0 aliphatic carbocycles. The molecule has 3 aromatic rings. The predicted molar refractivity (Wildman–Crippen MR) is 117 cm³/mol. The fourth-order valence-electron chi connectivity index (χ4n) is 3.36. The largest absolute Gasteiger partial charge is 0.356 e. The summed E-state index contributed by atoms with van der Waals surface area (Å²) in [5.41, 5.74) is 1.65. The molecule has 0 spiro atoms. The maximum atomic E-state index is 12.6. The van der Waals surface area contributed by atoms with Crippen LogP contribution in [-0.4, -0.2) is 69.9 Å². The van der Waals surface area contributed by atoms with E-state index in [4.69, 9.17) is 16.1 Å². The molecular formula is C20H23ClN8O2. The van der Waals surface area contributed by atoms with Gasteiger partial charge in [-0.25, -0.2) is 0 Å². The van der Waals surface area contributed by atoms with E-state index in [0.29, 0.717) is 48.8 Å². The van der Waals surface area contributed by atoms with Crippen LogP contribution >= 0.6 is 11.6 Å². The number of nitrogens with one attached hydrogen (secondary N) is 1. The minimum absolute atomic E-state index is 0.00621. The summed E-state index contributed by atoms with van der Waals surface area (Å²) in [5.74, 6) is 1.71. The van der Waals surface area contributed by atoms with E-state index < -0.39 is 0 Å². The molecule has 2 aromatic heterocycles. The summed E-state index contributed by atoms with van der Waals surface area (Å²) in [6.07, 6.45) is 4.07. The lowest BCUT2D eigenvalue weighted by molar-refractivity contribution is -0.120. The van der Waals surface area contributed by atoms with Crippen LogP contribution in [0.5, 0.6) is 0 Å². The molecule has 0 atom stereocenters. The van der Waals surface area contributed by atoms with Crippen molar-refractivity contribution in [1.82, 2.24) is 30.1 Å². The fraction of sp³-hybridized carbons (Fsp3) is 0.350. The Morgan fingerprint density at radius 2 is 2.10 bits per heavy atom. The second-order valence-electron chi connectivity index (χ2n) is 7.08. The normalized spacial score (nSPS) is 14.9. The van der Waals surface area contributed by atoms with Gasteiger partial charge < -0.3 is 19.6 Å². The Bertz CT molecular complexity index is 1080. The number of rotatable bonds is 5. The van der Waals surface area contributed by atoms with Crippen molar-refractivity contribution in [3.63, 3.8) is 0 Å². The Balaban J connectivity index is 1.29. The van der Waals surface area contributed by atoms with Gasteiger partial charge in [0, 0.05) is 56.9 Å². The van der Waals surface area contributed by atoms with Crippen LogP contribution in [0.2, 0.25) is 5.02 Å². The molecule has 1 N–H and O–H groups in total. The minimum Gasteiger partial charge on any atom is -0.356 e. The third-order valence-corrected chi connectivity index (χ3v) is 5.18. The molecule has 1 saturated heterocycles. The number of aryl methyl sites for hydroxylation is 1. The highest BCUT2D eigenvalue weighted by Crippen LogP contribution is 2.19. The molecule has 1 aromatic carbocycles. The third-order valence-electron chi connectivity index (χ3n) is 4.93. The lowest BCUT2D eigenvalue weighted by Gasteiger charge is -2.35. The van der Waals surface area contributed by atoms with Crippen LogP contribution in [0.25, 0.3) is 11.4 Å². The number of carbonyl (C=O) groups excluding carboxylic acids is 1. The molecule has 0 bridgehead atoms. The number of guanidine groups is 1. The van der Waals surface area contributed by atoms with E-state index in [1.165, 1.54) is 0 Å². The molecule has 1 aliphatic heterocycles. The van der Waals surface area contributed by atoms with Gasteiger partial charge >= 0.3 is 0 Å². The summed E-state index contributed by atoms with van der Waals surface area (Å²) < 4.78 is 7.02. The summed E-state index contributed by atoms with van der Waals surface area (Å²) in [4.78, 5) is 25.0. The van der Waals surface area contributed by atoms with Crippen molar-refractivity contribution in [2.75, 3.05) is 38.1 Å². The second-order valence-corrected chi connectivity index (χ2v) is 7.52. The first-order chi connectivity index (χ1) is 15.0. The van der Waals surface area contributed by atoms with Gasteiger partial charge in [0.25, 0.3) is 0 Å². The van der Waals surface area contributed by atoms with E-state index in [1.807, 2.05) is 30.3 Å². The first-order valence-corrected chi connectivity index (χ1v) is 10.2. The Labute approximate surface area is 184 Å². The van der Waals surface area contributed by atoms with Crippen LogP contribution in [0.1, 0.15) is 5.89 Å². The number of hydrogen-bond acceptors (Lipinski definition) is 6. The lowest BCUT2D eigenvalue weighted by Crippen LogP contribution is -2.55. The van der Waals surface area contributed by atoms with Crippen molar-refractivity contribution in [1.29, 1.82) is 0 Å². The number of aromatic nitrogens is 4. The van der Waals surface area contributed by atoms with Crippen LogP contribution in [0.3, 0.4) is 0 Å². The van der Waals surface area contributed by atoms with Crippen molar-refractivity contribution in [3.05, 3.63) is 47.6 Å². The summed E-state index contributed by atoms with van der Waals surface area (Å²) in [6, 6.07) is 7.26. The molecule has 0 radical (unpaired) electrons. The number of carbonyl (C=O) groups is 1. The highest BCUT2D eigenvalue weighted by molar-refractivity contribution is 6.30. The van der Waals surface area contributed by atoms with Gasteiger partial charge in [-0.3, -0.25) is 14.5 Å². The molecule has 1 aliphatic rings. The number of benzene rings is 1. The molecule has 10 nitrogen and oxygen atoms in total. The van der Waals surface area contributed by atoms with Gasteiger partial charge in [-0.15, -0.1) is 0 Å². The number of nitrogens with zero attached hydrogens (tertiary/aromatic N) is 7. The van der Waals surface area contributed by atoms with Gasteiger partial charge in [-0.2, -0.15) is 10.1 Å². The number of hydrogen-bond donors (Lipinski definition) is 1. The molecule has 11 heteroatoms. The predicted octanol–water partition coefficient (Wildman–Crippen LogP) is 1.59. The van der Waals surface area contributed by atoms with Crippen LogP contribution in [0.15, 0.2) is 46.2 Å². The van der Waals surface area contributed by atoms with Crippen molar-refractivity contribution in [3.8, 4) is 11.4 Å². The van der Waals surface area contributed by atoms with E-state index in [9.17, 15) is 4.79 Å². The first kappa shape index (κ1) is 20.9. The average molecular weight is 443 g/mol. The Morgan fingerprint density at radius 1 is 1.29 bits per heavy atom. The molecule has 0 saturated carbocycles. The molecular weight excluding hydrogens is 420 g/mol. The third kappa shape index (κ3) is 4.85. The Hall–Kier alpha value is -3.40. The molecule has 1 amide bonds. The van der Waals surface area contributed by atoms with Gasteiger partial charge in [0.15, 0.2) is 5.96 Å². The maximum Gasteiger partial charge on any atom is 0.246 e. The van der Waals surface area contributed by atoms with E-state index >= 15 is 0 Å². The lowest BCUT2D eigenvalue weighted by atomic mass is 10.2. The maximum absolute atomic E-state index is 12.6. The molecule has 31 heavy (non-hydrogen) atoms. The Kier molecular flexibility index (Phi) is 6.17. The standard InChI is InChI=1S/C20H23ClN8O2/c1-22-20(28-9-10-29(18(30)13-28)16-11-24-27(2)12-16)23-8-7-17-25-19(26-31-17)14-3-5-15(21)6-4-14/h3-6,11-12H,7-10,13H2,1-2H3,(H,22,23). The van der Waals surface area contributed by atoms with E-state index in [2.05, 4.69) is 25.5 Å². The highest BCUT2D eigenvalue weighted by Gasteiger charge is 2.27. The summed E-state index contributed by atoms with van der Waals surface area (Å²) in [6.45, 7) is 2.03. The molecule has 1 fully saturated rings. The number of amides is 1. The van der Waals surface area contributed by atoms with E-state index in [0.717, 1.165) is 11.3 Å². The van der Waals surface area contributed by atoms with Crippen molar-refractivity contribution < 1.29 is 9.32 Å². The topological polar surface area (TPSA) is 105 Å². The molecule has 162 valence electrons. The number of aliphatic imine (C=N–C) groups is 1. The fourth-order valence-corrected chi connectivity index (χ4v) is 3.49. The number of piperazine rings is 1. The minimum atomic E-state index is 0.00621. The highest BCUT2D eigenvalue weighted by atomic mass is 35.5. The first-order valence-electron chi connectivity index (χ1n) is 9.86. The zero-order valence-electron chi connectivity index (χ0n) is 17.3. The van der Waals surface area contributed by atoms with Gasteiger partial charge in [0.05, 0.1) is 11.9 Å². The van der Waals surface area contributed by atoms with Crippen LogP contribution in [0, 0.1) is 0 Å². The zero-order valence-corrected chi connectivity index (χ0v) is 18.1. The van der Waals surface area contributed by atoms with Crippen LogP contribution in [-0.2, 0) is 18.3 Å². The summed E-state index contributed by atoms with van der Waals surface area (Å²) in [5, 5.41) is 12.1. The van der Waals surface area contributed by atoms with Crippen molar-refractivity contribution >= 4 is 29.2 Å². The van der Waals surface area contributed by atoms with E-state index in [1.54, 1.807) is 35.0 Å². The quantitative estimate of drug-likeness (QED) is 0.472. The zero-order chi connectivity index (χ0) is 21.8. The van der Waals surface area contributed by atoms with Crippen molar-refractivity contribution in [2.45, 2.75) is 6.42 Å². The van der Waals surface area contributed by atoms with Crippen LogP contribution in [0.4, 0.5) is 5.69 Å². The SMILES string of the molecule is CN=C(NCCc1nc(-c2ccc(Cl)cc2)no1)N1CCN(c2cnn(C)c2)C(=O)C1. The van der Waals surface area contributed by atoms with Gasteiger partial charge in [-0.1, -0.05) is 16.8 Å². The number of halogens is 1. The monoisotopic (exact) mass is 442 g/mol. The average Bonchev–Trinajstić information content (AvgIpc) is 3.41. The summed E-state index contributed by atoms with van der Waals surface area (Å²) >= 11 is 5.91. The summed E-state index contributed by atoms with van der Waals surface area (Å²) in [7, 11) is 3.53. The second kappa shape index (κ2) is 9.17.